The monoisotopic (exact) mass is 310 g/mol. The summed E-state index contributed by atoms with van der Waals surface area (Å²) in [6.45, 7) is 4.71. The number of aliphatic hydroxyl groups excluding tert-OH is 1. The molecule has 0 aromatic heterocycles. The molecule has 0 saturated carbocycles. The molecule has 0 aliphatic heterocycles. The Morgan fingerprint density at radius 1 is 1.38 bits per heavy atom. The Hall–Kier alpha value is -1.66. The molecule has 5 nitrogen and oxygen atoms in total. The van der Waals surface area contributed by atoms with Crippen LogP contribution >= 0.6 is 12.2 Å². The number of hydrogen-bond donors (Lipinski definition) is 3. The third kappa shape index (κ3) is 7.06. The number of thiocarbonyl (C=S) groups is 1. The van der Waals surface area contributed by atoms with Gasteiger partial charge in [0, 0.05) is 12.1 Å². The number of ether oxygens (including phenoxy) is 1. The van der Waals surface area contributed by atoms with Crippen molar-refractivity contribution in [3.63, 3.8) is 0 Å². The maximum Gasteiger partial charge on any atom is 0.257 e. The van der Waals surface area contributed by atoms with Gasteiger partial charge >= 0.3 is 0 Å². The van der Waals surface area contributed by atoms with E-state index in [0.717, 1.165) is 18.6 Å². The Morgan fingerprint density at radius 2 is 2.05 bits per heavy atom. The number of benzene rings is 1. The molecule has 1 amide bonds. The first kappa shape index (κ1) is 17.4. The molecule has 0 radical (unpaired) electrons. The lowest BCUT2D eigenvalue weighted by molar-refractivity contribution is 0.0976. The fraction of sp³-hybridized carbons (Fsp3) is 0.467. The number of nitrogens with one attached hydrogen (secondary N) is 2. The third-order valence-corrected chi connectivity index (χ3v) is 2.91. The Kier molecular flexibility index (Phi) is 7.71. The average Bonchev–Trinajstić information content (AvgIpc) is 2.46. The molecule has 116 valence electrons. The van der Waals surface area contributed by atoms with Crippen molar-refractivity contribution in [2.24, 2.45) is 0 Å². The van der Waals surface area contributed by atoms with Gasteiger partial charge in [0.15, 0.2) is 5.11 Å². The van der Waals surface area contributed by atoms with Crippen LogP contribution in [0.5, 0.6) is 5.75 Å². The van der Waals surface area contributed by atoms with Crippen LogP contribution in [0.3, 0.4) is 0 Å². The van der Waals surface area contributed by atoms with Gasteiger partial charge < -0.3 is 15.2 Å². The minimum Gasteiger partial charge on any atom is -0.494 e. The molecular formula is C15H22N2O3S. The fourth-order valence-electron chi connectivity index (χ4n) is 1.50. The molecule has 0 heterocycles. The van der Waals surface area contributed by atoms with Crippen LogP contribution in [0.15, 0.2) is 24.3 Å². The maximum atomic E-state index is 11.9. The third-order valence-electron chi connectivity index (χ3n) is 2.67. The summed E-state index contributed by atoms with van der Waals surface area (Å²) in [7, 11) is 0. The van der Waals surface area contributed by atoms with E-state index in [4.69, 9.17) is 22.1 Å². The molecule has 1 aromatic carbocycles. The number of carbonyl (C=O) groups is 1. The molecule has 21 heavy (non-hydrogen) atoms. The summed E-state index contributed by atoms with van der Waals surface area (Å²) in [4.78, 5) is 11.9. The first-order chi connectivity index (χ1) is 10.0. The van der Waals surface area contributed by atoms with Gasteiger partial charge in [0.2, 0.25) is 0 Å². The molecule has 0 aliphatic rings. The van der Waals surface area contributed by atoms with Gasteiger partial charge in [-0.3, -0.25) is 10.1 Å². The van der Waals surface area contributed by atoms with Gasteiger partial charge in [-0.15, -0.1) is 0 Å². The zero-order valence-electron chi connectivity index (χ0n) is 12.4. The Balaban J connectivity index is 2.45. The molecule has 6 heteroatoms. The van der Waals surface area contributed by atoms with Crippen LogP contribution in [0, 0.1) is 0 Å². The van der Waals surface area contributed by atoms with Crippen molar-refractivity contribution in [2.45, 2.75) is 32.8 Å². The summed E-state index contributed by atoms with van der Waals surface area (Å²) in [6.07, 6.45) is 1.56. The second-order valence-corrected chi connectivity index (χ2v) is 5.15. The number of rotatable bonds is 7. The summed E-state index contributed by atoms with van der Waals surface area (Å²) in [6, 6.07) is 6.90. The van der Waals surface area contributed by atoms with Crippen molar-refractivity contribution in [3.05, 3.63) is 29.8 Å². The molecule has 0 fully saturated rings. The second kappa shape index (κ2) is 9.31. The van der Waals surface area contributed by atoms with E-state index < -0.39 is 6.10 Å². The quantitative estimate of drug-likeness (QED) is 0.530. The van der Waals surface area contributed by atoms with E-state index in [1.807, 2.05) is 0 Å². The van der Waals surface area contributed by atoms with Crippen molar-refractivity contribution < 1.29 is 14.6 Å². The number of aliphatic hydroxyl groups is 1. The topological polar surface area (TPSA) is 70.6 Å². The minimum atomic E-state index is -0.528. The van der Waals surface area contributed by atoms with Gasteiger partial charge in [-0.2, -0.15) is 0 Å². The van der Waals surface area contributed by atoms with Crippen molar-refractivity contribution in [1.29, 1.82) is 0 Å². The smallest absolute Gasteiger partial charge is 0.257 e. The SMILES string of the molecule is CCCCOc1ccc(C(=O)NC(=S)NCC(C)O)cc1. The van der Waals surface area contributed by atoms with Crippen LogP contribution in [0.2, 0.25) is 0 Å². The van der Waals surface area contributed by atoms with E-state index >= 15 is 0 Å². The minimum absolute atomic E-state index is 0.198. The summed E-state index contributed by atoms with van der Waals surface area (Å²) in [5, 5.41) is 14.6. The predicted octanol–water partition coefficient (Wildman–Crippen LogP) is 1.85. The normalized spacial score (nSPS) is 11.6. The van der Waals surface area contributed by atoms with Crippen molar-refractivity contribution in [2.75, 3.05) is 13.2 Å². The Bertz CT molecular complexity index is 460. The van der Waals surface area contributed by atoms with Crippen LogP contribution in [0.4, 0.5) is 0 Å². The molecule has 0 saturated heterocycles. The van der Waals surface area contributed by atoms with Gasteiger partial charge in [0.1, 0.15) is 5.75 Å². The lowest BCUT2D eigenvalue weighted by atomic mass is 10.2. The highest BCUT2D eigenvalue weighted by Gasteiger charge is 2.08. The highest BCUT2D eigenvalue weighted by atomic mass is 32.1. The summed E-state index contributed by atoms with van der Waals surface area (Å²) in [5.41, 5.74) is 0.499. The van der Waals surface area contributed by atoms with E-state index in [9.17, 15) is 4.79 Å². The molecule has 0 spiro atoms. The van der Waals surface area contributed by atoms with Crippen LogP contribution in [-0.2, 0) is 0 Å². The Morgan fingerprint density at radius 3 is 2.62 bits per heavy atom. The second-order valence-electron chi connectivity index (χ2n) is 4.74. The van der Waals surface area contributed by atoms with E-state index in [0.29, 0.717) is 18.7 Å². The van der Waals surface area contributed by atoms with E-state index in [-0.39, 0.29) is 11.0 Å². The first-order valence-corrected chi connectivity index (χ1v) is 7.44. The Labute approximate surface area is 130 Å². The van der Waals surface area contributed by atoms with Gasteiger partial charge in [-0.25, -0.2) is 0 Å². The highest BCUT2D eigenvalue weighted by molar-refractivity contribution is 7.80. The molecule has 1 unspecified atom stereocenters. The predicted molar refractivity (Wildman–Crippen MR) is 86.6 cm³/mol. The van der Waals surface area contributed by atoms with Crippen molar-refractivity contribution >= 4 is 23.2 Å². The summed E-state index contributed by atoms with van der Waals surface area (Å²) >= 11 is 4.97. The van der Waals surface area contributed by atoms with Crippen molar-refractivity contribution in [3.8, 4) is 5.75 Å². The fourth-order valence-corrected chi connectivity index (χ4v) is 1.67. The van der Waals surface area contributed by atoms with Crippen LogP contribution in [0.1, 0.15) is 37.0 Å². The number of amides is 1. The van der Waals surface area contributed by atoms with Gasteiger partial charge in [0.25, 0.3) is 5.91 Å². The van der Waals surface area contributed by atoms with Crippen LogP contribution in [0.25, 0.3) is 0 Å². The lowest BCUT2D eigenvalue weighted by Gasteiger charge is -2.11. The lowest BCUT2D eigenvalue weighted by Crippen LogP contribution is -2.41. The van der Waals surface area contributed by atoms with E-state index in [1.165, 1.54) is 0 Å². The highest BCUT2D eigenvalue weighted by Crippen LogP contribution is 2.12. The average molecular weight is 310 g/mol. The largest absolute Gasteiger partial charge is 0.494 e. The maximum absolute atomic E-state index is 11.9. The van der Waals surface area contributed by atoms with Crippen LogP contribution in [-0.4, -0.2) is 35.4 Å². The van der Waals surface area contributed by atoms with Gasteiger partial charge in [-0.05, 0) is 49.8 Å². The molecule has 1 aromatic rings. The number of carbonyl (C=O) groups excluding carboxylic acids is 1. The number of hydrogen-bond acceptors (Lipinski definition) is 4. The zero-order chi connectivity index (χ0) is 15.7. The molecule has 0 aliphatic carbocycles. The molecule has 3 N–H and O–H groups in total. The number of unbranched alkanes of at least 4 members (excludes halogenated alkanes) is 1. The zero-order valence-corrected chi connectivity index (χ0v) is 13.2. The summed E-state index contributed by atoms with van der Waals surface area (Å²) < 4.78 is 5.53. The van der Waals surface area contributed by atoms with E-state index in [1.54, 1.807) is 31.2 Å². The van der Waals surface area contributed by atoms with E-state index in [2.05, 4.69) is 17.6 Å². The van der Waals surface area contributed by atoms with Gasteiger partial charge in [-0.1, -0.05) is 13.3 Å². The van der Waals surface area contributed by atoms with Crippen molar-refractivity contribution in [1.82, 2.24) is 10.6 Å². The van der Waals surface area contributed by atoms with Crippen LogP contribution < -0.4 is 15.4 Å². The molecule has 1 rings (SSSR count). The molecule has 0 bridgehead atoms. The molecule has 1 atom stereocenters. The standard InChI is InChI=1S/C15H22N2O3S/c1-3-4-9-20-13-7-5-12(6-8-13)14(19)17-15(21)16-10-11(2)18/h5-8,11,18H,3-4,9-10H2,1-2H3,(H2,16,17,19,21). The first-order valence-electron chi connectivity index (χ1n) is 7.03. The summed E-state index contributed by atoms with van der Waals surface area (Å²) in [5.74, 6) is 0.452. The molecular weight excluding hydrogens is 288 g/mol. The van der Waals surface area contributed by atoms with Gasteiger partial charge in [0.05, 0.1) is 12.7 Å².